The summed E-state index contributed by atoms with van der Waals surface area (Å²) >= 11 is 0. The summed E-state index contributed by atoms with van der Waals surface area (Å²) in [4.78, 5) is 28.6. The number of piperidine rings is 2. The van der Waals surface area contributed by atoms with Gasteiger partial charge in [-0.15, -0.1) is 0 Å². The molecule has 0 radical (unpaired) electrons. The molecule has 3 saturated heterocycles. The van der Waals surface area contributed by atoms with Crippen molar-refractivity contribution in [2.45, 2.75) is 38.6 Å². The second-order valence-corrected chi connectivity index (χ2v) is 12.2. The predicted octanol–water partition coefficient (Wildman–Crippen LogP) is 4.70. The lowest BCUT2D eigenvalue weighted by atomic mass is 9.94. The van der Waals surface area contributed by atoms with Gasteiger partial charge in [0, 0.05) is 69.7 Å². The summed E-state index contributed by atoms with van der Waals surface area (Å²) in [5, 5.41) is 9.74. The molecule has 3 aliphatic rings. The summed E-state index contributed by atoms with van der Waals surface area (Å²) < 4.78 is 5.66. The van der Waals surface area contributed by atoms with E-state index in [4.69, 9.17) is 9.72 Å². The fourth-order valence-corrected chi connectivity index (χ4v) is 7.12. The van der Waals surface area contributed by atoms with Crippen LogP contribution in [0.15, 0.2) is 60.7 Å². The molecule has 228 valence electrons. The van der Waals surface area contributed by atoms with Crippen LogP contribution in [0.1, 0.15) is 41.6 Å². The Kier molecular flexibility index (Phi) is 9.14. The number of anilines is 2. The Balaban J connectivity index is 1.23. The summed E-state index contributed by atoms with van der Waals surface area (Å²) in [5.41, 5.74) is 4.94. The molecule has 3 fully saturated rings. The Morgan fingerprint density at radius 1 is 0.884 bits per heavy atom. The van der Waals surface area contributed by atoms with Crippen molar-refractivity contribution in [3.63, 3.8) is 0 Å². The summed E-state index contributed by atoms with van der Waals surface area (Å²) in [6, 6.07) is 20.9. The van der Waals surface area contributed by atoms with E-state index in [9.17, 15) is 9.90 Å². The van der Waals surface area contributed by atoms with Crippen LogP contribution in [0.3, 0.4) is 0 Å². The number of amides is 1. The van der Waals surface area contributed by atoms with Crippen molar-refractivity contribution < 1.29 is 14.6 Å². The number of benzene rings is 2. The number of hydrogen-bond acceptors (Lipinski definition) is 7. The van der Waals surface area contributed by atoms with E-state index in [2.05, 4.69) is 45.9 Å². The number of methoxy groups -OCH3 is 1. The van der Waals surface area contributed by atoms with Crippen LogP contribution >= 0.6 is 0 Å². The number of para-hydroxylation sites is 2. The third-order valence-electron chi connectivity index (χ3n) is 9.60. The number of nitrogens with zero attached hydrogens (tertiary/aromatic N) is 5. The van der Waals surface area contributed by atoms with Gasteiger partial charge in [-0.25, -0.2) is 4.98 Å². The average molecular weight is 584 g/mol. The maximum atomic E-state index is 14.1. The molecule has 1 aromatic heterocycles. The molecule has 0 aliphatic carbocycles. The molecule has 0 saturated carbocycles. The first-order valence-corrected chi connectivity index (χ1v) is 15.9. The van der Waals surface area contributed by atoms with Gasteiger partial charge in [0.2, 0.25) is 0 Å². The number of piperazine rings is 1. The highest BCUT2D eigenvalue weighted by molar-refractivity contribution is 5.99. The van der Waals surface area contributed by atoms with Gasteiger partial charge in [-0.1, -0.05) is 30.3 Å². The second-order valence-electron chi connectivity index (χ2n) is 12.2. The third-order valence-corrected chi connectivity index (χ3v) is 9.60. The van der Waals surface area contributed by atoms with E-state index in [1.807, 2.05) is 41.3 Å². The molecule has 43 heavy (non-hydrogen) atoms. The number of likely N-dealkylation sites (tertiary alicyclic amines) is 1. The summed E-state index contributed by atoms with van der Waals surface area (Å²) in [6.45, 7) is 9.23. The lowest BCUT2D eigenvalue weighted by Crippen LogP contribution is -2.50. The Morgan fingerprint density at radius 2 is 1.63 bits per heavy atom. The number of aromatic nitrogens is 1. The lowest BCUT2D eigenvalue weighted by molar-refractivity contribution is 0.0744. The number of aliphatic hydroxyl groups is 1. The van der Waals surface area contributed by atoms with E-state index >= 15 is 0 Å². The standard InChI is InChI=1S/C35H45N5O3/c1-26-8-3-5-11-32(26)37-20-22-39(23-21-37)35(42)30-13-14-31(29-10-4-6-12-33(29)43-2)36-34(30)38-18-15-28(16-19-38)40-17-7-9-27(24-40)25-41/h3-6,8,10-14,27-28,41H,7,9,15-25H2,1-2H3/t27-/m0/s1. The Hall–Kier alpha value is -3.62. The van der Waals surface area contributed by atoms with E-state index in [-0.39, 0.29) is 12.5 Å². The van der Waals surface area contributed by atoms with Gasteiger partial charge in [-0.2, -0.15) is 0 Å². The second kappa shape index (κ2) is 13.3. The molecule has 1 N–H and O–H groups in total. The topological polar surface area (TPSA) is 72.4 Å². The smallest absolute Gasteiger partial charge is 0.257 e. The van der Waals surface area contributed by atoms with Crippen molar-refractivity contribution in [3.8, 4) is 17.0 Å². The molecule has 2 aromatic carbocycles. The third kappa shape index (κ3) is 6.36. The zero-order chi connectivity index (χ0) is 29.8. The quantitative estimate of drug-likeness (QED) is 0.432. The predicted molar refractivity (Wildman–Crippen MR) is 172 cm³/mol. The fraction of sp³-hybridized carbons (Fsp3) is 0.486. The Labute approximate surface area is 255 Å². The molecular weight excluding hydrogens is 538 g/mol. The van der Waals surface area contributed by atoms with Crippen LogP contribution in [0.4, 0.5) is 11.5 Å². The van der Waals surface area contributed by atoms with Gasteiger partial charge in [0.25, 0.3) is 5.91 Å². The van der Waals surface area contributed by atoms with Crippen LogP contribution in [0.2, 0.25) is 0 Å². The minimum Gasteiger partial charge on any atom is -0.496 e. The highest BCUT2D eigenvalue weighted by Crippen LogP contribution is 2.34. The first-order valence-electron chi connectivity index (χ1n) is 15.9. The number of carbonyl (C=O) groups excluding carboxylic acids is 1. The van der Waals surface area contributed by atoms with Crippen LogP contribution in [0.25, 0.3) is 11.3 Å². The Morgan fingerprint density at radius 3 is 2.37 bits per heavy atom. The fourth-order valence-electron chi connectivity index (χ4n) is 7.12. The first kappa shape index (κ1) is 29.5. The molecule has 3 aromatic rings. The number of ether oxygens (including phenoxy) is 1. The summed E-state index contributed by atoms with van der Waals surface area (Å²) in [5.74, 6) is 2.00. The minimum absolute atomic E-state index is 0.0578. The molecule has 8 heteroatoms. The number of aryl methyl sites for hydroxylation is 1. The monoisotopic (exact) mass is 583 g/mol. The van der Waals surface area contributed by atoms with Crippen LogP contribution < -0.4 is 14.5 Å². The number of rotatable bonds is 7. The van der Waals surface area contributed by atoms with Crippen molar-refractivity contribution >= 4 is 17.4 Å². The molecule has 6 rings (SSSR count). The number of aliphatic hydroxyl groups excluding tert-OH is 1. The van der Waals surface area contributed by atoms with Crippen molar-refractivity contribution in [3.05, 3.63) is 71.8 Å². The largest absolute Gasteiger partial charge is 0.496 e. The van der Waals surface area contributed by atoms with Gasteiger partial charge in [0.05, 0.1) is 18.4 Å². The van der Waals surface area contributed by atoms with E-state index in [0.717, 1.165) is 87.8 Å². The molecular formula is C35H45N5O3. The van der Waals surface area contributed by atoms with E-state index < -0.39 is 0 Å². The van der Waals surface area contributed by atoms with Crippen molar-refractivity contribution in [1.29, 1.82) is 0 Å². The van der Waals surface area contributed by atoms with Crippen LogP contribution in [-0.2, 0) is 0 Å². The van der Waals surface area contributed by atoms with E-state index in [1.54, 1.807) is 7.11 Å². The highest BCUT2D eigenvalue weighted by atomic mass is 16.5. The SMILES string of the molecule is COc1ccccc1-c1ccc(C(=O)N2CCN(c3ccccc3C)CC2)c(N2CCC(N3CCC[C@H](CO)C3)CC2)n1. The zero-order valence-corrected chi connectivity index (χ0v) is 25.6. The molecule has 0 spiro atoms. The van der Waals surface area contributed by atoms with Gasteiger partial charge in [-0.05, 0) is 81.0 Å². The molecule has 1 atom stereocenters. The van der Waals surface area contributed by atoms with Crippen molar-refractivity contribution in [2.24, 2.45) is 5.92 Å². The highest BCUT2D eigenvalue weighted by Gasteiger charge is 2.32. The maximum absolute atomic E-state index is 14.1. The molecule has 1 amide bonds. The van der Waals surface area contributed by atoms with Crippen LogP contribution in [0.5, 0.6) is 5.75 Å². The zero-order valence-electron chi connectivity index (χ0n) is 25.6. The molecule has 0 unspecified atom stereocenters. The number of pyridine rings is 1. The van der Waals surface area contributed by atoms with Crippen LogP contribution in [-0.4, -0.2) is 97.9 Å². The molecule has 3 aliphatic heterocycles. The van der Waals surface area contributed by atoms with Crippen molar-refractivity contribution in [2.75, 3.05) is 75.9 Å². The average Bonchev–Trinajstić information content (AvgIpc) is 3.08. The van der Waals surface area contributed by atoms with E-state index in [1.165, 1.54) is 11.3 Å². The minimum atomic E-state index is 0.0578. The normalized spacial score (nSPS) is 20.3. The molecule has 8 nitrogen and oxygen atoms in total. The van der Waals surface area contributed by atoms with E-state index in [0.29, 0.717) is 30.6 Å². The van der Waals surface area contributed by atoms with Gasteiger partial charge in [-0.3, -0.25) is 9.69 Å². The number of hydrogen-bond donors (Lipinski definition) is 1. The van der Waals surface area contributed by atoms with Crippen LogP contribution in [0, 0.1) is 12.8 Å². The maximum Gasteiger partial charge on any atom is 0.257 e. The lowest BCUT2D eigenvalue weighted by Gasteiger charge is -2.43. The van der Waals surface area contributed by atoms with Crippen molar-refractivity contribution in [1.82, 2.24) is 14.8 Å². The van der Waals surface area contributed by atoms with Gasteiger partial charge in [0.15, 0.2) is 0 Å². The summed E-state index contributed by atoms with van der Waals surface area (Å²) in [6.07, 6.45) is 4.34. The molecule has 4 heterocycles. The molecule has 0 bridgehead atoms. The van der Waals surface area contributed by atoms with Gasteiger partial charge < -0.3 is 24.5 Å². The Bertz CT molecular complexity index is 1400. The first-order chi connectivity index (χ1) is 21.1. The number of carbonyl (C=O) groups is 1. The van der Waals surface area contributed by atoms with Gasteiger partial charge in [0.1, 0.15) is 11.6 Å². The summed E-state index contributed by atoms with van der Waals surface area (Å²) in [7, 11) is 1.68. The van der Waals surface area contributed by atoms with Gasteiger partial charge >= 0.3 is 0 Å².